The molecule has 30 heavy (non-hydrogen) atoms. The van der Waals surface area contributed by atoms with Gasteiger partial charge in [0.2, 0.25) is 0 Å². The Balaban J connectivity index is 1.49. The SMILES string of the molecule is CC(NC(=O)c1cnc2sccn2c1=O)c1cccc(NC(=O)c2ccccc2)c1. The molecule has 8 heteroatoms. The summed E-state index contributed by atoms with van der Waals surface area (Å²) in [6.45, 7) is 1.81. The summed E-state index contributed by atoms with van der Waals surface area (Å²) in [7, 11) is 0. The van der Waals surface area contributed by atoms with Gasteiger partial charge in [0, 0.05) is 29.0 Å². The second-order valence-corrected chi connectivity index (χ2v) is 7.55. The third kappa shape index (κ3) is 3.99. The van der Waals surface area contributed by atoms with Crippen LogP contribution in [0.3, 0.4) is 0 Å². The van der Waals surface area contributed by atoms with Crippen LogP contribution >= 0.6 is 11.3 Å². The number of benzene rings is 2. The Morgan fingerprint density at radius 3 is 2.67 bits per heavy atom. The van der Waals surface area contributed by atoms with E-state index in [0.29, 0.717) is 16.2 Å². The number of rotatable bonds is 5. The highest BCUT2D eigenvalue weighted by Gasteiger charge is 2.17. The van der Waals surface area contributed by atoms with Crippen molar-refractivity contribution in [3.63, 3.8) is 0 Å². The fourth-order valence-corrected chi connectivity index (χ4v) is 3.69. The average molecular weight is 418 g/mol. The molecule has 150 valence electrons. The maximum Gasteiger partial charge on any atom is 0.271 e. The van der Waals surface area contributed by atoms with Crippen molar-refractivity contribution >= 4 is 33.8 Å². The maximum absolute atomic E-state index is 12.6. The van der Waals surface area contributed by atoms with Crippen molar-refractivity contribution in [2.24, 2.45) is 0 Å². The van der Waals surface area contributed by atoms with Crippen LogP contribution in [0.15, 0.2) is 77.2 Å². The van der Waals surface area contributed by atoms with Gasteiger partial charge < -0.3 is 10.6 Å². The van der Waals surface area contributed by atoms with Crippen LogP contribution in [0, 0.1) is 0 Å². The first-order chi connectivity index (χ1) is 14.5. The molecule has 1 unspecified atom stereocenters. The van der Waals surface area contributed by atoms with Crippen molar-refractivity contribution in [2.75, 3.05) is 5.32 Å². The van der Waals surface area contributed by atoms with Gasteiger partial charge in [0.15, 0.2) is 4.96 Å². The summed E-state index contributed by atoms with van der Waals surface area (Å²) in [5.41, 5.74) is 1.53. The molecule has 1 atom stereocenters. The Bertz CT molecular complexity index is 1280. The van der Waals surface area contributed by atoms with Gasteiger partial charge in [-0.05, 0) is 36.8 Å². The molecule has 2 amide bonds. The fourth-order valence-electron chi connectivity index (χ4n) is 3.02. The van der Waals surface area contributed by atoms with E-state index in [4.69, 9.17) is 0 Å². The quantitative estimate of drug-likeness (QED) is 0.519. The van der Waals surface area contributed by atoms with Crippen LogP contribution in [0.2, 0.25) is 0 Å². The molecule has 0 spiro atoms. The average Bonchev–Trinajstić information content (AvgIpc) is 3.24. The Morgan fingerprint density at radius 1 is 1.07 bits per heavy atom. The van der Waals surface area contributed by atoms with Crippen molar-refractivity contribution < 1.29 is 9.59 Å². The van der Waals surface area contributed by atoms with Crippen LogP contribution < -0.4 is 16.2 Å². The summed E-state index contributed by atoms with van der Waals surface area (Å²) in [5.74, 6) is -0.716. The van der Waals surface area contributed by atoms with Crippen LogP contribution in [-0.2, 0) is 0 Å². The van der Waals surface area contributed by atoms with Crippen molar-refractivity contribution in [3.05, 3.63) is 99.4 Å². The van der Waals surface area contributed by atoms with Crippen LogP contribution in [0.1, 0.15) is 39.2 Å². The highest BCUT2D eigenvalue weighted by atomic mass is 32.1. The van der Waals surface area contributed by atoms with E-state index >= 15 is 0 Å². The Kier molecular flexibility index (Phi) is 5.40. The van der Waals surface area contributed by atoms with Gasteiger partial charge >= 0.3 is 0 Å². The molecule has 0 saturated heterocycles. The minimum Gasteiger partial charge on any atom is -0.345 e. The predicted octanol–water partition coefficient (Wildman–Crippen LogP) is 3.50. The monoisotopic (exact) mass is 418 g/mol. The van der Waals surface area contributed by atoms with Gasteiger partial charge in [-0.2, -0.15) is 0 Å². The summed E-state index contributed by atoms with van der Waals surface area (Å²) in [4.78, 5) is 42.2. The molecule has 0 radical (unpaired) electrons. The molecule has 4 rings (SSSR count). The summed E-state index contributed by atoms with van der Waals surface area (Å²) < 4.78 is 1.35. The van der Waals surface area contributed by atoms with Gasteiger partial charge in [-0.15, -0.1) is 11.3 Å². The molecule has 2 N–H and O–H groups in total. The van der Waals surface area contributed by atoms with Gasteiger partial charge in [-0.1, -0.05) is 30.3 Å². The molecule has 0 bridgehead atoms. The van der Waals surface area contributed by atoms with E-state index in [0.717, 1.165) is 5.56 Å². The van der Waals surface area contributed by atoms with Crippen LogP contribution in [0.25, 0.3) is 4.96 Å². The molecule has 0 fully saturated rings. The molecule has 4 aromatic rings. The first kappa shape index (κ1) is 19.5. The number of carbonyl (C=O) groups is 2. The lowest BCUT2D eigenvalue weighted by molar-refractivity contribution is 0.0937. The first-order valence-electron chi connectivity index (χ1n) is 9.25. The normalized spacial score (nSPS) is 11.8. The van der Waals surface area contributed by atoms with E-state index in [-0.39, 0.29) is 17.5 Å². The highest BCUT2D eigenvalue weighted by molar-refractivity contribution is 7.15. The third-order valence-electron chi connectivity index (χ3n) is 4.62. The Labute approximate surface area is 176 Å². The number of nitrogens with one attached hydrogen (secondary N) is 2. The molecule has 0 saturated carbocycles. The van der Waals surface area contributed by atoms with E-state index in [1.165, 1.54) is 21.9 Å². The molecular formula is C22H18N4O3S. The predicted molar refractivity (Wildman–Crippen MR) is 116 cm³/mol. The first-order valence-corrected chi connectivity index (χ1v) is 10.1. The van der Waals surface area contributed by atoms with Crippen LogP contribution in [-0.4, -0.2) is 21.2 Å². The van der Waals surface area contributed by atoms with E-state index < -0.39 is 11.5 Å². The van der Waals surface area contributed by atoms with Crippen molar-refractivity contribution in [1.82, 2.24) is 14.7 Å². The summed E-state index contributed by atoms with van der Waals surface area (Å²) in [6.07, 6.45) is 2.89. The van der Waals surface area contributed by atoms with Crippen LogP contribution in [0.5, 0.6) is 0 Å². The zero-order valence-electron chi connectivity index (χ0n) is 16.0. The summed E-state index contributed by atoms with van der Waals surface area (Å²) in [5, 5.41) is 7.41. The number of anilines is 1. The second-order valence-electron chi connectivity index (χ2n) is 6.67. The largest absolute Gasteiger partial charge is 0.345 e. The summed E-state index contributed by atoms with van der Waals surface area (Å²) in [6, 6.07) is 15.7. The number of aromatic nitrogens is 2. The van der Waals surface area contributed by atoms with Crippen molar-refractivity contribution in [1.29, 1.82) is 0 Å². The highest BCUT2D eigenvalue weighted by Crippen LogP contribution is 2.18. The molecular weight excluding hydrogens is 400 g/mol. The minimum absolute atomic E-state index is 0.0220. The molecule has 0 aliphatic carbocycles. The number of amides is 2. The zero-order valence-corrected chi connectivity index (χ0v) is 16.8. The lowest BCUT2D eigenvalue weighted by Gasteiger charge is -2.15. The molecule has 2 aromatic heterocycles. The topological polar surface area (TPSA) is 92.6 Å². The van der Waals surface area contributed by atoms with Gasteiger partial charge in [-0.3, -0.25) is 18.8 Å². The molecule has 2 aromatic carbocycles. The Morgan fingerprint density at radius 2 is 1.87 bits per heavy atom. The molecule has 7 nitrogen and oxygen atoms in total. The summed E-state index contributed by atoms with van der Waals surface area (Å²) >= 11 is 1.32. The van der Waals surface area contributed by atoms with Gasteiger partial charge in [-0.25, -0.2) is 4.98 Å². The third-order valence-corrected chi connectivity index (χ3v) is 5.39. The standard InChI is InChI=1S/C22H18N4O3S/c1-14(24-20(28)18-13-23-22-26(21(18)29)10-11-30-22)16-8-5-9-17(12-16)25-19(27)15-6-3-2-4-7-15/h2-14H,1H3,(H,24,28)(H,25,27). The lowest BCUT2D eigenvalue weighted by Crippen LogP contribution is -2.32. The van der Waals surface area contributed by atoms with Gasteiger partial charge in [0.1, 0.15) is 5.56 Å². The van der Waals surface area contributed by atoms with E-state index in [9.17, 15) is 14.4 Å². The maximum atomic E-state index is 12.6. The zero-order chi connectivity index (χ0) is 21.1. The number of carbonyl (C=O) groups excluding carboxylic acids is 2. The smallest absolute Gasteiger partial charge is 0.271 e. The van der Waals surface area contributed by atoms with Crippen molar-refractivity contribution in [2.45, 2.75) is 13.0 Å². The minimum atomic E-state index is -0.501. The van der Waals surface area contributed by atoms with Crippen molar-refractivity contribution in [3.8, 4) is 0 Å². The second kappa shape index (κ2) is 8.30. The van der Waals surface area contributed by atoms with Gasteiger partial charge in [0.25, 0.3) is 17.4 Å². The fraction of sp³-hybridized carbons (Fsp3) is 0.0909. The number of hydrogen-bond acceptors (Lipinski definition) is 5. The van der Waals surface area contributed by atoms with Gasteiger partial charge in [0.05, 0.1) is 6.04 Å². The number of nitrogens with zero attached hydrogens (tertiary/aromatic N) is 2. The lowest BCUT2D eigenvalue weighted by atomic mass is 10.1. The number of thiazole rings is 1. The van der Waals surface area contributed by atoms with E-state index in [1.54, 1.807) is 54.0 Å². The van der Waals surface area contributed by atoms with E-state index in [2.05, 4.69) is 15.6 Å². The Hall–Kier alpha value is -3.78. The molecule has 2 heterocycles. The van der Waals surface area contributed by atoms with Crippen LogP contribution in [0.4, 0.5) is 5.69 Å². The number of fused-ring (bicyclic) bond motifs is 1. The number of hydrogen-bond donors (Lipinski definition) is 2. The molecule has 0 aliphatic rings. The van der Waals surface area contributed by atoms with E-state index in [1.807, 2.05) is 19.1 Å². The molecule has 0 aliphatic heterocycles.